The van der Waals surface area contributed by atoms with Crippen molar-refractivity contribution in [3.8, 4) is 0 Å². The van der Waals surface area contributed by atoms with Gasteiger partial charge in [-0.25, -0.2) is 4.98 Å². The van der Waals surface area contributed by atoms with Gasteiger partial charge in [-0.3, -0.25) is 0 Å². The summed E-state index contributed by atoms with van der Waals surface area (Å²) in [5, 5.41) is 0. The van der Waals surface area contributed by atoms with Gasteiger partial charge in [0.25, 0.3) is 0 Å². The van der Waals surface area contributed by atoms with Crippen molar-refractivity contribution in [2.45, 2.75) is 12.1 Å². The lowest BCUT2D eigenvalue weighted by Gasteiger charge is -2.04. The summed E-state index contributed by atoms with van der Waals surface area (Å²) >= 11 is -0.0168. The molecule has 0 spiro atoms. The molecule has 0 saturated heterocycles. The lowest BCUT2D eigenvalue weighted by Crippen LogP contribution is -2.05. The summed E-state index contributed by atoms with van der Waals surface area (Å²) in [6, 6.07) is 0. The van der Waals surface area contributed by atoms with E-state index in [1.54, 1.807) is 10.8 Å². The minimum atomic E-state index is -4.12. The summed E-state index contributed by atoms with van der Waals surface area (Å²) in [5.74, 6) is 0.0276. The molecule has 0 aliphatic heterocycles. The summed E-state index contributed by atoms with van der Waals surface area (Å²) in [5.41, 5.74) is -4.12. The quantitative estimate of drug-likeness (QED) is 0.737. The Labute approximate surface area is 71.8 Å². The maximum absolute atomic E-state index is 11.6. The summed E-state index contributed by atoms with van der Waals surface area (Å²) in [6.45, 7) is 0.337. The summed E-state index contributed by atoms with van der Waals surface area (Å²) < 4.78 is 36.5. The average molecular weight is 196 g/mol. The van der Waals surface area contributed by atoms with E-state index in [4.69, 9.17) is 0 Å². The van der Waals surface area contributed by atoms with Crippen LogP contribution in [0.15, 0.2) is 18.7 Å². The van der Waals surface area contributed by atoms with Gasteiger partial charge in [0.1, 0.15) is 0 Å². The second-order valence-corrected chi connectivity index (χ2v) is 3.25. The molecule has 0 bridgehead atoms. The lowest BCUT2D eigenvalue weighted by atomic mass is 10.7. The maximum Gasteiger partial charge on any atom is 0.441 e. The van der Waals surface area contributed by atoms with E-state index in [1.165, 1.54) is 12.5 Å². The van der Waals surface area contributed by atoms with Gasteiger partial charge in [0.05, 0.1) is 6.33 Å². The van der Waals surface area contributed by atoms with Crippen LogP contribution in [-0.2, 0) is 6.54 Å². The van der Waals surface area contributed by atoms with Gasteiger partial charge in [0, 0.05) is 24.7 Å². The van der Waals surface area contributed by atoms with Gasteiger partial charge in [-0.15, -0.1) is 0 Å². The highest BCUT2D eigenvalue weighted by molar-refractivity contribution is 8.00. The molecule has 1 rings (SSSR count). The average Bonchev–Trinajstić information content (AvgIpc) is 2.36. The molecule has 0 aliphatic rings. The standard InChI is InChI=1S/C6H7F3N2S/c7-6(8,9)12-4-3-11-2-1-10-5-11/h1-2,5H,3-4H2. The molecule has 0 aliphatic carbocycles. The molecule has 1 heterocycles. The van der Waals surface area contributed by atoms with Crippen LogP contribution in [0.2, 0.25) is 0 Å². The van der Waals surface area contributed by atoms with E-state index in [9.17, 15) is 13.2 Å². The maximum atomic E-state index is 11.6. The molecular weight excluding hydrogens is 189 g/mol. The largest absolute Gasteiger partial charge is 0.441 e. The van der Waals surface area contributed by atoms with Gasteiger partial charge in [0.15, 0.2) is 0 Å². The van der Waals surface area contributed by atoms with E-state index in [2.05, 4.69) is 4.98 Å². The third-order valence-electron chi connectivity index (χ3n) is 1.17. The predicted molar refractivity (Wildman–Crippen MR) is 40.7 cm³/mol. The zero-order valence-corrected chi connectivity index (χ0v) is 6.90. The molecular formula is C6H7F3N2S. The number of imidazole rings is 1. The number of alkyl halides is 3. The third kappa shape index (κ3) is 3.66. The van der Waals surface area contributed by atoms with Gasteiger partial charge < -0.3 is 4.57 Å². The molecule has 12 heavy (non-hydrogen) atoms. The summed E-state index contributed by atoms with van der Waals surface area (Å²) in [4.78, 5) is 3.71. The SMILES string of the molecule is FC(F)(F)SCCn1ccnc1. The molecule has 0 fully saturated rings. The van der Waals surface area contributed by atoms with Crippen LogP contribution in [0.25, 0.3) is 0 Å². The molecule has 0 aromatic carbocycles. The molecule has 0 N–H and O–H groups in total. The van der Waals surface area contributed by atoms with E-state index in [-0.39, 0.29) is 17.5 Å². The van der Waals surface area contributed by atoms with Crippen LogP contribution in [0, 0.1) is 0 Å². The highest BCUT2D eigenvalue weighted by Gasteiger charge is 2.27. The first-order valence-corrected chi connectivity index (χ1v) is 4.23. The van der Waals surface area contributed by atoms with Gasteiger partial charge in [-0.1, -0.05) is 0 Å². The first-order chi connectivity index (χ1) is 5.58. The Morgan fingerprint density at radius 3 is 2.67 bits per heavy atom. The van der Waals surface area contributed by atoms with Crippen molar-refractivity contribution in [3.05, 3.63) is 18.7 Å². The zero-order valence-electron chi connectivity index (χ0n) is 6.08. The van der Waals surface area contributed by atoms with Gasteiger partial charge >= 0.3 is 5.51 Å². The number of thioether (sulfide) groups is 1. The fraction of sp³-hybridized carbons (Fsp3) is 0.500. The first-order valence-electron chi connectivity index (χ1n) is 3.24. The Bertz CT molecular complexity index is 219. The van der Waals surface area contributed by atoms with Crippen LogP contribution in [-0.4, -0.2) is 20.8 Å². The zero-order chi connectivity index (χ0) is 9.03. The van der Waals surface area contributed by atoms with E-state index >= 15 is 0 Å². The van der Waals surface area contributed by atoms with Crippen LogP contribution >= 0.6 is 11.8 Å². The lowest BCUT2D eigenvalue weighted by molar-refractivity contribution is -0.0328. The number of aryl methyl sites for hydroxylation is 1. The number of nitrogens with zero attached hydrogens (tertiary/aromatic N) is 2. The van der Waals surface area contributed by atoms with Crippen molar-refractivity contribution < 1.29 is 13.2 Å². The number of hydrogen-bond donors (Lipinski definition) is 0. The van der Waals surface area contributed by atoms with Crippen molar-refractivity contribution in [1.82, 2.24) is 9.55 Å². The van der Waals surface area contributed by atoms with E-state index in [0.29, 0.717) is 6.54 Å². The Hall–Kier alpha value is -0.650. The number of hydrogen-bond acceptors (Lipinski definition) is 2. The third-order valence-corrected chi connectivity index (χ3v) is 1.89. The van der Waals surface area contributed by atoms with E-state index in [1.807, 2.05) is 0 Å². The second kappa shape index (κ2) is 3.84. The fourth-order valence-electron chi connectivity index (χ4n) is 0.686. The Kier molecular flexibility index (Phi) is 3.02. The molecule has 1 aromatic rings. The van der Waals surface area contributed by atoms with Gasteiger partial charge in [-0.05, 0) is 11.8 Å². The predicted octanol–water partition coefficient (Wildman–Crippen LogP) is 2.14. The smallest absolute Gasteiger partial charge is 0.337 e. The molecule has 68 valence electrons. The van der Waals surface area contributed by atoms with Crippen molar-refractivity contribution in [2.24, 2.45) is 0 Å². The second-order valence-electron chi connectivity index (χ2n) is 2.09. The molecule has 0 saturated carbocycles. The van der Waals surface area contributed by atoms with Crippen LogP contribution in [0.5, 0.6) is 0 Å². The van der Waals surface area contributed by atoms with Crippen LogP contribution < -0.4 is 0 Å². The molecule has 0 amide bonds. The molecule has 1 aromatic heterocycles. The minimum absolute atomic E-state index is 0.0168. The summed E-state index contributed by atoms with van der Waals surface area (Å²) in [6.07, 6.45) is 4.67. The highest BCUT2D eigenvalue weighted by atomic mass is 32.2. The monoisotopic (exact) mass is 196 g/mol. The number of halogens is 3. The minimum Gasteiger partial charge on any atom is -0.337 e. The van der Waals surface area contributed by atoms with Gasteiger partial charge in [-0.2, -0.15) is 13.2 Å². The molecule has 0 unspecified atom stereocenters. The van der Waals surface area contributed by atoms with Crippen molar-refractivity contribution in [2.75, 3.05) is 5.75 Å². The van der Waals surface area contributed by atoms with Crippen LogP contribution in [0.3, 0.4) is 0 Å². The van der Waals surface area contributed by atoms with E-state index in [0.717, 1.165) is 0 Å². The van der Waals surface area contributed by atoms with Crippen molar-refractivity contribution >= 4 is 11.8 Å². The topological polar surface area (TPSA) is 17.8 Å². The Balaban J connectivity index is 2.20. The summed E-state index contributed by atoms with van der Waals surface area (Å²) in [7, 11) is 0. The van der Waals surface area contributed by atoms with Gasteiger partial charge in [0.2, 0.25) is 0 Å². The Morgan fingerprint density at radius 2 is 2.17 bits per heavy atom. The molecule has 0 radical (unpaired) electrons. The van der Waals surface area contributed by atoms with Crippen LogP contribution in [0.4, 0.5) is 13.2 Å². The van der Waals surface area contributed by atoms with E-state index < -0.39 is 5.51 Å². The first kappa shape index (κ1) is 9.44. The Morgan fingerprint density at radius 1 is 1.42 bits per heavy atom. The number of rotatable bonds is 3. The van der Waals surface area contributed by atoms with Crippen LogP contribution in [0.1, 0.15) is 0 Å². The normalized spacial score (nSPS) is 11.9. The molecule has 2 nitrogen and oxygen atoms in total. The van der Waals surface area contributed by atoms with Crippen molar-refractivity contribution in [3.63, 3.8) is 0 Å². The molecule has 6 heteroatoms. The fourth-order valence-corrected chi connectivity index (χ4v) is 1.22. The number of aromatic nitrogens is 2. The highest BCUT2D eigenvalue weighted by Crippen LogP contribution is 2.29. The molecule has 0 atom stereocenters. The van der Waals surface area contributed by atoms with Crippen molar-refractivity contribution in [1.29, 1.82) is 0 Å².